The van der Waals surface area contributed by atoms with Gasteiger partial charge in [0.05, 0.1) is 5.75 Å². The fourth-order valence-corrected chi connectivity index (χ4v) is 2.40. The van der Waals surface area contributed by atoms with E-state index in [9.17, 15) is 18.0 Å². The summed E-state index contributed by atoms with van der Waals surface area (Å²) in [5.74, 6) is -1.02. The quantitative estimate of drug-likeness (QED) is 0.680. The Morgan fingerprint density at radius 3 is 2.33 bits per heavy atom. The second kappa shape index (κ2) is 7.41. The van der Waals surface area contributed by atoms with Crippen molar-refractivity contribution in [3.8, 4) is 0 Å². The first kappa shape index (κ1) is 17.4. The van der Waals surface area contributed by atoms with E-state index in [1.807, 2.05) is 0 Å². The summed E-state index contributed by atoms with van der Waals surface area (Å²) in [6, 6.07) is 5.14. The van der Waals surface area contributed by atoms with Gasteiger partial charge in [-0.2, -0.15) is 0 Å². The molecular weight excluding hydrogens is 362 g/mol. The molecule has 1 atom stereocenters. The number of rotatable bonds is 6. The van der Waals surface area contributed by atoms with E-state index in [-0.39, 0.29) is 12.2 Å². The first-order chi connectivity index (χ1) is 9.67. The highest BCUT2D eigenvalue weighted by Crippen LogP contribution is 2.13. The van der Waals surface area contributed by atoms with Gasteiger partial charge in [0.15, 0.2) is 0 Å². The lowest BCUT2D eigenvalue weighted by atomic mass is 10.2. The van der Waals surface area contributed by atoms with Crippen LogP contribution in [0.3, 0.4) is 0 Å². The Bertz CT molecular complexity index is 616. The van der Waals surface area contributed by atoms with Crippen LogP contribution in [0.1, 0.15) is 6.42 Å². The minimum absolute atomic E-state index is 0.0675. The third kappa shape index (κ3) is 7.09. The molecule has 1 rings (SSSR count). The van der Waals surface area contributed by atoms with Crippen molar-refractivity contribution in [2.75, 3.05) is 17.3 Å². The molecule has 0 saturated carbocycles. The van der Waals surface area contributed by atoms with E-state index in [0.29, 0.717) is 5.69 Å². The maximum absolute atomic E-state index is 11.7. The van der Waals surface area contributed by atoms with Crippen molar-refractivity contribution >= 4 is 43.4 Å². The summed E-state index contributed by atoms with van der Waals surface area (Å²) in [5.41, 5.74) is 5.67. The fourth-order valence-electron chi connectivity index (χ4n) is 1.48. The number of hydrogen-bond donors (Lipinski definition) is 3. The normalized spacial score (nSPS) is 12.5. The average Bonchev–Trinajstić information content (AvgIpc) is 2.36. The largest absolute Gasteiger partial charge is 0.368 e. The molecule has 0 bridgehead atoms. The molecule has 0 aromatic heterocycles. The van der Waals surface area contributed by atoms with E-state index in [2.05, 4.69) is 26.6 Å². The molecule has 0 unspecified atom stereocenters. The van der Waals surface area contributed by atoms with Crippen LogP contribution in [0.15, 0.2) is 28.7 Å². The van der Waals surface area contributed by atoms with Crippen molar-refractivity contribution in [3.63, 3.8) is 0 Å². The number of halogens is 1. The SMILES string of the molecule is CS(=O)(=O)CC[C@H](NC(=O)Nc1ccc(Br)cc1)C(N)=O. The zero-order valence-electron chi connectivity index (χ0n) is 11.3. The maximum atomic E-state index is 11.7. The highest BCUT2D eigenvalue weighted by molar-refractivity contribution is 9.10. The van der Waals surface area contributed by atoms with E-state index in [4.69, 9.17) is 5.73 Å². The van der Waals surface area contributed by atoms with E-state index in [1.54, 1.807) is 24.3 Å². The summed E-state index contributed by atoms with van der Waals surface area (Å²) in [6.45, 7) is 0. The summed E-state index contributed by atoms with van der Waals surface area (Å²) in [6.07, 6.45) is 0.981. The van der Waals surface area contributed by atoms with Gasteiger partial charge in [0.2, 0.25) is 5.91 Å². The Balaban J connectivity index is 2.60. The number of nitrogens with two attached hydrogens (primary N) is 1. The van der Waals surface area contributed by atoms with Crippen LogP contribution in [-0.2, 0) is 14.6 Å². The first-order valence-corrected chi connectivity index (χ1v) is 8.83. The summed E-state index contributed by atoms with van der Waals surface area (Å²) >= 11 is 3.26. The second-order valence-corrected chi connectivity index (χ2v) is 7.65. The van der Waals surface area contributed by atoms with Crippen LogP contribution in [0.2, 0.25) is 0 Å². The van der Waals surface area contributed by atoms with Gasteiger partial charge in [0.25, 0.3) is 0 Å². The number of carbonyl (C=O) groups excluding carboxylic acids is 2. The zero-order valence-corrected chi connectivity index (χ0v) is 13.7. The minimum Gasteiger partial charge on any atom is -0.368 e. The molecule has 116 valence electrons. The number of nitrogens with one attached hydrogen (secondary N) is 2. The van der Waals surface area contributed by atoms with Crippen molar-refractivity contribution < 1.29 is 18.0 Å². The third-order valence-electron chi connectivity index (χ3n) is 2.53. The van der Waals surface area contributed by atoms with Gasteiger partial charge in [-0.1, -0.05) is 15.9 Å². The molecule has 4 N–H and O–H groups in total. The van der Waals surface area contributed by atoms with Crippen molar-refractivity contribution in [2.45, 2.75) is 12.5 Å². The van der Waals surface area contributed by atoms with Gasteiger partial charge < -0.3 is 16.4 Å². The van der Waals surface area contributed by atoms with Crippen LogP contribution in [-0.4, -0.2) is 38.4 Å². The molecule has 0 aliphatic heterocycles. The van der Waals surface area contributed by atoms with Gasteiger partial charge in [-0.15, -0.1) is 0 Å². The highest BCUT2D eigenvalue weighted by atomic mass is 79.9. The summed E-state index contributed by atoms with van der Waals surface area (Å²) in [5, 5.41) is 4.87. The lowest BCUT2D eigenvalue weighted by Crippen LogP contribution is -2.47. The van der Waals surface area contributed by atoms with Crippen molar-refractivity contribution in [2.24, 2.45) is 5.73 Å². The lowest BCUT2D eigenvalue weighted by molar-refractivity contribution is -0.119. The molecule has 0 aliphatic rings. The number of sulfone groups is 1. The topological polar surface area (TPSA) is 118 Å². The molecule has 7 nitrogen and oxygen atoms in total. The zero-order chi connectivity index (χ0) is 16.0. The number of carbonyl (C=O) groups is 2. The Morgan fingerprint density at radius 1 is 1.29 bits per heavy atom. The Hall–Kier alpha value is -1.61. The molecule has 0 spiro atoms. The smallest absolute Gasteiger partial charge is 0.319 e. The molecule has 0 aliphatic carbocycles. The predicted molar refractivity (Wildman–Crippen MR) is 83.6 cm³/mol. The molecular formula is C12H16BrN3O4S. The molecule has 1 aromatic rings. The van der Waals surface area contributed by atoms with Crippen molar-refractivity contribution in [1.29, 1.82) is 0 Å². The van der Waals surface area contributed by atoms with Crippen LogP contribution < -0.4 is 16.4 Å². The molecule has 0 radical (unpaired) electrons. The van der Waals surface area contributed by atoms with Crippen LogP contribution in [0.25, 0.3) is 0 Å². The molecule has 9 heteroatoms. The standard InChI is InChI=1S/C12H16BrN3O4S/c1-21(19,20)7-6-10(11(14)17)16-12(18)15-9-4-2-8(13)3-5-9/h2-5,10H,6-7H2,1H3,(H2,14,17)(H2,15,16,18)/t10-/m0/s1. The maximum Gasteiger partial charge on any atom is 0.319 e. The molecule has 21 heavy (non-hydrogen) atoms. The third-order valence-corrected chi connectivity index (χ3v) is 4.03. The molecule has 1 aromatic carbocycles. The Morgan fingerprint density at radius 2 is 1.86 bits per heavy atom. The van der Waals surface area contributed by atoms with E-state index in [1.165, 1.54) is 0 Å². The molecule has 0 heterocycles. The van der Waals surface area contributed by atoms with Crippen LogP contribution >= 0.6 is 15.9 Å². The summed E-state index contributed by atoms with van der Waals surface area (Å²) < 4.78 is 23.0. The van der Waals surface area contributed by atoms with Gasteiger partial charge in [0, 0.05) is 16.4 Å². The monoisotopic (exact) mass is 377 g/mol. The van der Waals surface area contributed by atoms with Gasteiger partial charge in [-0.3, -0.25) is 4.79 Å². The average molecular weight is 378 g/mol. The van der Waals surface area contributed by atoms with E-state index in [0.717, 1.165) is 10.7 Å². The van der Waals surface area contributed by atoms with E-state index < -0.39 is 27.8 Å². The number of primary amides is 1. The second-order valence-electron chi connectivity index (χ2n) is 4.48. The molecule has 0 saturated heterocycles. The highest BCUT2D eigenvalue weighted by Gasteiger charge is 2.20. The fraction of sp³-hybridized carbons (Fsp3) is 0.333. The Labute approximate surface area is 131 Å². The van der Waals surface area contributed by atoms with Crippen molar-refractivity contribution in [3.05, 3.63) is 28.7 Å². The minimum atomic E-state index is -3.24. The Kier molecular flexibility index (Phi) is 6.16. The molecule has 0 fully saturated rings. The predicted octanol–water partition coefficient (Wildman–Crippen LogP) is 0.859. The number of amides is 3. The number of urea groups is 1. The first-order valence-electron chi connectivity index (χ1n) is 5.97. The van der Waals surface area contributed by atoms with Gasteiger partial charge in [-0.05, 0) is 30.7 Å². The van der Waals surface area contributed by atoms with Crippen LogP contribution in [0, 0.1) is 0 Å². The summed E-state index contributed by atoms with van der Waals surface area (Å²) in [4.78, 5) is 23.0. The lowest BCUT2D eigenvalue weighted by Gasteiger charge is -2.15. The van der Waals surface area contributed by atoms with E-state index >= 15 is 0 Å². The van der Waals surface area contributed by atoms with Crippen molar-refractivity contribution in [1.82, 2.24) is 5.32 Å². The summed E-state index contributed by atoms with van der Waals surface area (Å²) in [7, 11) is -3.24. The van der Waals surface area contributed by atoms with Gasteiger partial charge in [0.1, 0.15) is 15.9 Å². The molecule has 3 amide bonds. The van der Waals surface area contributed by atoms with Gasteiger partial charge in [-0.25, -0.2) is 13.2 Å². The number of anilines is 1. The number of benzene rings is 1. The van der Waals surface area contributed by atoms with Gasteiger partial charge >= 0.3 is 6.03 Å². The van der Waals surface area contributed by atoms with Crippen LogP contribution in [0.5, 0.6) is 0 Å². The number of hydrogen-bond acceptors (Lipinski definition) is 4. The van der Waals surface area contributed by atoms with Crippen LogP contribution in [0.4, 0.5) is 10.5 Å².